The fourth-order valence-electron chi connectivity index (χ4n) is 2.64. The first-order valence-corrected chi connectivity index (χ1v) is 10.8. The molecule has 2 aromatic rings. The van der Waals surface area contributed by atoms with Crippen LogP contribution in [-0.4, -0.2) is 28.8 Å². The van der Waals surface area contributed by atoms with Crippen molar-refractivity contribution in [2.75, 3.05) is 5.32 Å². The number of ether oxygens (including phenoxy) is 1. The number of carbonyl (C=O) groups is 2. The molecule has 0 aliphatic rings. The maximum Gasteiger partial charge on any atom is 0.471 e. The third-order valence-electron chi connectivity index (χ3n) is 3.85. The Bertz CT molecular complexity index is 1040. The molecule has 0 bridgehead atoms. The molecule has 1 atom stereocenters. The van der Waals surface area contributed by atoms with Gasteiger partial charge in [0.2, 0.25) is 0 Å². The lowest BCUT2D eigenvalue weighted by molar-refractivity contribution is -0.167. The summed E-state index contributed by atoms with van der Waals surface area (Å²) in [6, 6.07) is 2.94. The van der Waals surface area contributed by atoms with Gasteiger partial charge in [0.1, 0.15) is 21.8 Å². The highest BCUT2D eigenvalue weighted by molar-refractivity contribution is 9.11. The summed E-state index contributed by atoms with van der Waals surface area (Å²) in [6.07, 6.45) is -6.11. The molecule has 0 spiro atoms. The van der Waals surface area contributed by atoms with Gasteiger partial charge in [-0.05, 0) is 82.8 Å². The average molecular weight is 603 g/mol. The molecule has 0 radical (unpaired) electrons. The number of aromatic nitrogens is 1. The molecule has 2 amide bonds. The highest BCUT2D eigenvalue weighted by Gasteiger charge is 2.39. The van der Waals surface area contributed by atoms with Crippen LogP contribution in [0, 0.1) is 11.6 Å². The van der Waals surface area contributed by atoms with Gasteiger partial charge in [-0.1, -0.05) is 0 Å². The van der Waals surface area contributed by atoms with Gasteiger partial charge in [-0.15, -0.1) is 0 Å². The minimum atomic E-state index is -5.12. The zero-order valence-electron chi connectivity index (χ0n) is 17.4. The van der Waals surface area contributed by atoms with Crippen molar-refractivity contribution in [3.8, 4) is 0 Å². The largest absolute Gasteiger partial charge is 0.471 e. The molecule has 180 valence electrons. The molecule has 1 aromatic heterocycles. The van der Waals surface area contributed by atoms with Crippen molar-refractivity contribution in [3.63, 3.8) is 0 Å². The number of carbonyl (C=O) groups excluding carboxylic acids is 2. The summed E-state index contributed by atoms with van der Waals surface area (Å²) in [5.74, 6) is -3.87. The van der Waals surface area contributed by atoms with Crippen molar-refractivity contribution in [2.45, 2.75) is 45.0 Å². The Labute approximate surface area is 202 Å². The Balaban J connectivity index is 2.43. The molecule has 2 N–H and O–H groups in total. The number of pyridine rings is 1. The Morgan fingerprint density at radius 2 is 1.64 bits per heavy atom. The quantitative estimate of drug-likeness (QED) is 0.316. The second-order valence-corrected chi connectivity index (χ2v) is 9.43. The van der Waals surface area contributed by atoms with Gasteiger partial charge in [0.25, 0.3) is 0 Å². The summed E-state index contributed by atoms with van der Waals surface area (Å²) in [7, 11) is 0. The minimum Gasteiger partial charge on any atom is -0.444 e. The molecule has 0 saturated heterocycles. The van der Waals surface area contributed by atoms with Crippen LogP contribution in [0.2, 0.25) is 0 Å². The van der Waals surface area contributed by atoms with Gasteiger partial charge >= 0.3 is 18.2 Å². The van der Waals surface area contributed by atoms with Crippen molar-refractivity contribution in [3.05, 3.63) is 56.2 Å². The average Bonchev–Trinajstić information content (AvgIpc) is 2.60. The molecule has 0 aliphatic carbocycles. The summed E-state index contributed by atoms with van der Waals surface area (Å²) < 4.78 is 70.2. The second-order valence-electron chi connectivity index (χ2n) is 7.83. The van der Waals surface area contributed by atoms with Gasteiger partial charge in [-0.2, -0.15) is 13.2 Å². The molecular formula is C20H18Br2F5N3O3. The van der Waals surface area contributed by atoms with E-state index in [1.54, 1.807) is 26.1 Å². The van der Waals surface area contributed by atoms with Crippen molar-refractivity contribution < 1.29 is 36.3 Å². The van der Waals surface area contributed by atoms with Crippen molar-refractivity contribution >= 4 is 49.5 Å². The van der Waals surface area contributed by atoms with Crippen LogP contribution in [0.3, 0.4) is 0 Å². The number of hydrogen-bond acceptors (Lipinski definition) is 4. The number of rotatable bonds is 5. The van der Waals surface area contributed by atoms with Crippen LogP contribution in [0.25, 0.3) is 0 Å². The summed E-state index contributed by atoms with van der Waals surface area (Å²) in [4.78, 5) is 27.8. The monoisotopic (exact) mass is 601 g/mol. The third-order valence-corrected chi connectivity index (χ3v) is 5.09. The van der Waals surface area contributed by atoms with E-state index in [9.17, 15) is 31.5 Å². The Kier molecular flexibility index (Phi) is 8.44. The van der Waals surface area contributed by atoms with E-state index in [1.807, 2.05) is 0 Å². The van der Waals surface area contributed by atoms with Crippen LogP contribution in [0.15, 0.2) is 33.3 Å². The van der Waals surface area contributed by atoms with Crippen molar-refractivity contribution in [1.82, 2.24) is 10.3 Å². The lowest BCUT2D eigenvalue weighted by atomic mass is 10.0. The van der Waals surface area contributed by atoms with Crippen LogP contribution in [0.1, 0.15) is 38.1 Å². The molecule has 13 heteroatoms. The van der Waals surface area contributed by atoms with Crippen molar-refractivity contribution in [2.24, 2.45) is 0 Å². The van der Waals surface area contributed by atoms with Gasteiger partial charge in [0.15, 0.2) is 0 Å². The number of alkyl halides is 3. The van der Waals surface area contributed by atoms with E-state index in [4.69, 9.17) is 4.74 Å². The first kappa shape index (κ1) is 27.0. The van der Waals surface area contributed by atoms with E-state index in [0.717, 1.165) is 18.2 Å². The number of benzene rings is 1. The number of anilines is 1. The molecule has 0 saturated carbocycles. The lowest BCUT2D eigenvalue weighted by Crippen LogP contribution is -2.36. The van der Waals surface area contributed by atoms with Crippen LogP contribution in [0.5, 0.6) is 0 Å². The summed E-state index contributed by atoms with van der Waals surface area (Å²) in [5, 5.41) is 4.22. The predicted molar refractivity (Wildman–Crippen MR) is 116 cm³/mol. The molecule has 33 heavy (non-hydrogen) atoms. The van der Waals surface area contributed by atoms with E-state index in [0.29, 0.717) is 6.07 Å². The highest BCUT2D eigenvalue weighted by Crippen LogP contribution is 2.33. The standard InChI is InChI=1S/C20H18Br2F5N3O3/c1-19(2,3)33-18(32)29-13(6-9-4-10(23)7-11(24)5-9)15-12(21)8-14(16(22)30-15)28-17(31)20(25,26)27/h4-5,7-8,13H,6H2,1-3H3,(H,28,31)(H,29,32)/t13-/m0/s1. The molecule has 0 unspecified atom stereocenters. The normalized spacial score (nSPS) is 12.8. The zero-order valence-corrected chi connectivity index (χ0v) is 20.6. The molecule has 6 nitrogen and oxygen atoms in total. The summed E-state index contributed by atoms with van der Waals surface area (Å²) in [5.41, 5.74) is -0.868. The summed E-state index contributed by atoms with van der Waals surface area (Å²) in [6.45, 7) is 4.89. The molecule has 1 heterocycles. The molecule has 0 fully saturated rings. The minimum absolute atomic E-state index is 0.0995. The predicted octanol–water partition coefficient (Wildman–Crippen LogP) is 6.19. The number of halogens is 7. The Hall–Kier alpha value is -2.28. The molecular weight excluding hydrogens is 585 g/mol. The van der Waals surface area contributed by atoms with Gasteiger partial charge in [0, 0.05) is 10.5 Å². The van der Waals surface area contributed by atoms with Crippen LogP contribution in [0.4, 0.5) is 32.4 Å². The van der Waals surface area contributed by atoms with E-state index < -0.39 is 41.5 Å². The zero-order chi connectivity index (χ0) is 25.1. The molecule has 1 aromatic carbocycles. The lowest BCUT2D eigenvalue weighted by Gasteiger charge is -2.24. The SMILES string of the molecule is CC(C)(C)OC(=O)N[C@@H](Cc1cc(F)cc(F)c1)c1nc(Br)c(NC(=O)C(F)(F)F)cc1Br. The number of hydrogen-bond donors (Lipinski definition) is 2. The van der Waals surface area contributed by atoms with E-state index in [2.05, 4.69) is 42.2 Å². The molecule has 0 aliphatic heterocycles. The number of nitrogens with zero attached hydrogens (tertiary/aromatic N) is 1. The maximum atomic E-state index is 13.7. The first-order chi connectivity index (χ1) is 15.0. The first-order valence-electron chi connectivity index (χ1n) is 9.24. The Morgan fingerprint density at radius 3 is 2.15 bits per heavy atom. The number of alkyl carbamates (subject to hydrolysis) is 1. The van der Waals surface area contributed by atoms with E-state index in [-0.39, 0.29) is 32.4 Å². The number of amides is 2. The van der Waals surface area contributed by atoms with Gasteiger partial charge in [-0.3, -0.25) is 4.79 Å². The van der Waals surface area contributed by atoms with E-state index >= 15 is 0 Å². The van der Waals surface area contributed by atoms with Crippen LogP contribution >= 0.6 is 31.9 Å². The topological polar surface area (TPSA) is 80.3 Å². The summed E-state index contributed by atoms with van der Waals surface area (Å²) >= 11 is 6.15. The van der Waals surface area contributed by atoms with Gasteiger partial charge in [-0.25, -0.2) is 18.6 Å². The van der Waals surface area contributed by atoms with Gasteiger partial charge in [0.05, 0.1) is 17.4 Å². The van der Waals surface area contributed by atoms with E-state index in [1.165, 1.54) is 0 Å². The third kappa shape index (κ3) is 8.22. The smallest absolute Gasteiger partial charge is 0.444 e. The van der Waals surface area contributed by atoms with Gasteiger partial charge < -0.3 is 15.4 Å². The molecule has 2 rings (SSSR count). The fraction of sp³-hybridized carbons (Fsp3) is 0.350. The maximum absolute atomic E-state index is 13.7. The van der Waals surface area contributed by atoms with Crippen LogP contribution < -0.4 is 10.6 Å². The van der Waals surface area contributed by atoms with Crippen LogP contribution in [-0.2, 0) is 16.0 Å². The Morgan fingerprint density at radius 1 is 1.06 bits per heavy atom. The number of nitrogens with one attached hydrogen (secondary N) is 2. The fourth-order valence-corrected chi connectivity index (χ4v) is 3.63. The highest BCUT2D eigenvalue weighted by atomic mass is 79.9. The second kappa shape index (κ2) is 10.3. The van der Waals surface area contributed by atoms with Crippen molar-refractivity contribution in [1.29, 1.82) is 0 Å².